The fourth-order valence-corrected chi connectivity index (χ4v) is 3.88. The molecule has 0 N–H and O–H groups in total. The Hall–Kier alpha value is -1.12. The van der Waals surface area contributed by atoms with Crippen LogP contribution in [0.15, 0.2) is 65.1 Å². The number of hydrogen-bond donors (Lipinski definition) is 0. The molecule has 1 atom stereocenters. The molecule has 0 fully saturated rings. The van der Waals surface area contributed by atoms with E-state index in [0.717, 1.165) is 4.47 Å². The first-order valence-corrected chi connectivity index (χ1v) is 8.25. The third-order valence-electron chi connectivity index (χ3n) is 3.58. The van der Waals surface area contributed by atoms with Crippen LogP contribution in [0.1, 0.15) is 21.5 Å². The van der Waals surface area contributed by atoms with Crippen LogP contribution in [-0.4, -0.2) is 0 Å². The molecule has 0 spiro atoms. The van der Waals surface area contributed by atoms with Crippen LogP contribution in [0, 0.1) is 6.92 Å². The molecule has 0 heterocycles. The van der Waals surface area contributed by atoms with Crippen LogP contribution in [-0.2, 0) is 0 Å². The Kier molecular flexibility index (Phi) is 3.95. The van der Waals surface area contributed by atoms with E-state index in [2.05, 4.69) is 99.4 Å². The molecular weight excluding hydrogens is 376 g/mol. The van der Waals surface area contributed by atoms with Crippen molar-refractivity contribution in [1.82, 2.24) is 0 Å². The molecule has 3 aromatic carbocycles. The van der Waals surface area contributed by atoms with Gasteiger partial charge in [-0.25, -0.2) is 0 Å². The lowest BCUT2D eigenvalue weighted by Crippen LogP contribution is -1.97. The van der Waals surface area contributed by atoms with E-state index in [-0.39, 0.29) is 4.83 Å². The minimum absolute atomic E-state index is 0.200. The normalized spacial score (nSPS) is 12.6. The lowest BCUT2D eigenvalue weighted by Gasteiger charge is -2.17. The van der Waals surface area contributed by atoms with Crippen molar-refractivity contribution >= 4 is 42.6 Å². The smallest absolute Gasteiger partial charge is 0.0653 e. The summed E-state index contributed by atoms with van der Waals surface area (Å²) in [6, 6.07) is 21.4. The molecule has 0 amide bonds. The summed E-state index contributed by atoms with van der Waals surface area (Å²) in [6.45, 7) is 2.17. The highest BCUT2D eigenvalue weighted by Gasteiger charge is 2.16. The second kappa shape index (κ2) is 5.71. The van der Waals surface area contributed by atoms with Crippen LogP contribution in [0.25, 0.3) is 10.8 Å². The Balaban J connectivity index is 2.21. The fraction of sp³-hybridized carbons (Fsp3) is 0.111. The van der Waals surface area contributed by atoms with E-state index in [9.17, 15) is 0 Å². The Morgan fingerprint density at radius 3 is 2.50 bits per heavy atom. The van der Waals surface area contributed by atoms with Crippen molar-refractivity contribution in [2.45, 2.75) is 11.8 Å². The predicted octanol–water partition coefficient (Wildman–Crippen LogP) is 6.40. The molecule has 0 saturated carbocycles. The van der Waals surface area contributed by atoms with E-state index in [4.69, 9.17) is 0 Å². The molecule has 2 heteroatoms. The number of rotatable bonds is 2. The molecule has 100 valence electrons. The maximum absolute atomic E-state index is 3.88. The van der Waals surface area contributed by atoms with Gasteiger partial charge in [0, 0.05) is 4.47 Å². The van der Waals surface area contributed by atoms with Gasteiger partial charge in [-0.3, -0.25) is 0 Å². The quantitative estimate of drug-likeness (QED) is 0.445. The molecule has 0 aliphatic heterocycles. The lowest BCUT2D eigenvalue weighted by molar-refractivity contribution is 1.16. The summed E-state index contributed by atoms with van der Waals surface area (Å²) < 4.78 is 1.11. The van der Waals surface area contributed by atoms with Crippen molar-refractivity contribution in [3.8, 4) is 0 Å². The number of benzene rings is 3. The van der Waals surface area contributed by atoms with Gasteiger partial charge in [0.05, 0.1) is 4.83 Å². The zero-order valence-electron chi connectivity index (χ0n) is 11.1. The molecule has 1 unspecified atom stereocenters. The largest absolute Gasteiger partial charge is 0.0786 e. The lowest BCUT2D eigenvalue weighted by atomic mass is 9.94. The van der Waals surface area contributed by atoms with Crippen LogP contribution in [0.4, 0.5) is 0 Å². The minimum Gasteiger partial charge on any atom is -0.0786 e. The topological polar surface area (TPSA) is 0 Å². The highest BCUT2D eigenvalue weighted by atomic mass is 79.9. The molecule has 20 heavy (non-hydrogen) atoms. The van der Waals surface area contributed by atoms with Gasteiger partial charge in [-0.2, -0.15) is 0 Å². The van der Waals surface area contributed by atoms with Crippen molar-refractivity contribution in [3.63, 3.8) is 0 Å². The third kappa shape index (κ3) is 2.55. The first-order chi connectivity index (χ1) is 9.66. The molecule has 3 rings (SSSR count). The summed E-state index contributed by atoms with van der Waals surface area (Å²) in [7, 11) is 0. The van der Waals surface area contributed by atoms with E-state index in [1.165, 1.54) is 27.5 Å². The second-order valence-electron chi connectivity index (χ2n) is 4.93. The number of fused-ring (bicyclic) bond motifs is 1. The van der Waals surface area contributed by atoms with Gasteiger partial charge in [-0.05, 0) is 46.5 Å². The number of alkyl halides is 1. The van der Waals surface area contributed by atoms with Crippen molar-refractivity contribution in [2.75, 3.05) is 0 Å². The number of aryl methyl sites for hydroxylation is 1. The maximum atomic E-state index is 3.88. The Morgan fingerprint density at radius 2 is 1.70 bits per heavy atom. The molecule has 0 aliphatic rings. The third-order valence-corrected chi connectivity index (χ3v) is 5.06. The summed E-state index contributed by atoms with van der Waals surface area (Å²) in [5, 5.41) is 2.60. The van der Waals surface area contributed by atoms with Crippen LogP contribution in [0.5, 0.6) is 0 Å². The number of hydrogen-bond acceptors (Lipinski definition) is 0. The SMILES string of the molecule is Cc1ccc2ccccc2c1C(Br)c1cccc(Br)c1. The summed E-state index contributed by atoms with van der Waals surface area (Å²) in [5.74, 6) is 0. The predicted molar refractivity (Wildman–Crippen MR) is 93.6 cm³/mol. The van der Waals surface area contributed by atoms with Gasteiger partial charge in [-0.1, -0.05) is 80.4 Å². The van der Waals surface area contributed by atoms with Gasteiger partial charge in [0.2, 0.25) is 0 Å². The van der Waals surface area contributed by atoms with Crippen LogP contribution < -0.4 is 0 Å². The summed E-state index contributed by atoms with van der Waals surface area (Å²) >= 11 is 7.43. The molecule has 0 aliphatic carbocycles. The Bertz CT molecular complexity index is 762. The molecule has 0 bridgehead atoms. The summed E-state index contributed by atoms with van der Waals surface area (Å²) in [4.78, 5) is 0.200. The van der Waals surface area contributed by atoms with Gasteiger partial charge < -0.3 is 0 Å². The van der Waals surface area contributed by atoms with E-state index in [1.54, 1.807) is 0 Å². The maximum Gasteiger partial charge on any atom is 0.0653 e. The van der Waals surface area contributed by atoms with Gasteiger partial charge in [0.15, 0.2) is 0 Å². The van der Waals surface area contributed by atoms with Gasteiger partial charge in [0.25, 0.3) is 0 Å². The van der Waals surface area contributed by atoms with E-state index in [0.29, 0.717) is 0 Å². The molecule has 0 radical (unpaired) electrons. The molecule has 0 nitrogen and oxygen atoms in total. The van der Waals surface area contributed by atoms with Crippen molar-refractivity contribution in [3.05, 3.63) is 81.8 Å². The Morgan fingerprint density at radius 1 is 0.900 bits per heavy atom. The van der Waals surface area contributed by atoms with Crippen LogP contribution in [0.3, 0.4) is 0 Å². The Labute approximate surface area is 136 Å². The molecule has 3 aromatic rings. The van der Waals surface area contributed by atoms with E-state index >= 15 is 0 Å². The monoisotopic (exact) mass is 388 g/mol. The minimum atomic E-state index is 0.200. The number of halogens is 2. The van der Waals surface area contributed by atoms with Crippen molar-refractivity contribution < 1.29 is 0 Å². The first-order valence-electron chi connectivity index (χ1n) is 6.54. The van der Waals surface area contributed by atoms with Crippen LogP contribution >= 0.6 is 31.9 Å². The van der Waals surface area contributed by atoms with E-state index in [1.807, 2.05) is 0 Å². The highest BCUT2D eigenvalue weighted by Crippen LogP contribution is 2.38. The summed E-state index contributed by atoms with van der Waals surface area (Å²) in [5.41, 5.74) is 3.92. The van der Waals surface area contributed by atoms with Gasteiger partial charge in [0.1, 0.15) is 0 Å². The van der Waals surface area contributed by atoms with E-state index < -0.39 is 0 Å². The van der Waals surface area contributed by atoms with Gasteiger partial charge >= 0.3 is 0 Å². The standard InChI is InChI=1S/C18H14Br2/c1-12-9-10-13-5-2-3-8-16(13)17(12)18(20)14-6-4-7-15(19)11-14/h2-11,18H,1H3. The molecule has 0 saturated heterocycles. The average molecular weight is 390 g/mol. The van der Waals surface area contributed by atoms with Crippen molar-refractivity contribution in [2.24, 2.45) is 0 Å². The average Bonchev–Trinajstić information content (AvgIpc) is 2.46. The molecule has 0 aromatic heterocycles. The second-order valence-corrected chi connectivity index (χ2v) is 6.77. The van der Waals surface area contributed by atoms with Crippen LogP contribution in [0.2, 0.25) is 0 Å². The highest BCUT2D eigenvalue weighted by molar-refractivity contribution is 9.10. The first kappa shape index (κ1) is 13.8. The zero-order chi connectivity index (χ0) is 14.1. The van der Waals surface area contributed by atoms with Gasteiger partial charge in [-0.15, -0.1) is 0 Å². The summed E-state index contributed by atoms with van der Waals surface area (Å²) in [6.07, 6.45) is 0. The fourth-order valence-electron chi connectivity index (χ4n) is 2.57. The molecular formula is C18H14Br2. The zero-order valence-corrected chi connectivity index (χ0v) is 14.3. The van der Waals surface area contributed by atoms with Crippen molar-refractivity contribution in [1.29, 1.82) is 0 Å².